The Kier molecular flexibility index (Phi) is 7.36. The van der Waals surface area contributed by atoms with Gasteiger partial charge in [0.25, 0.3) is 0 Å². The summed E-state index contributed by atoms with van der Waals surface area (Å²) in [6, 6.07) is 11.0. The number of hydrogen-bond donors (Lipinski definition) is 0. The number of oxazole rings is 1. The first-order chi connectivity index (χ1) is 16.8. The second-order valence-electron chi connectivity index (χ2n) is 8.68. The van der Waals surface area contributed by atoms with Crippen LogP contribution in [0.3, 0.4) is 0 Å². The zero-order valence-corrected chi connectivity index (χ0v) is 20.9. The molecule has 35 heavy (non-hydrogen) atoms. The number of fused-ring (bicyclic) bond motifs is 1. The average Bonchev–Trinajstić information content (AvgIpc) is 3.35. The molecular weight excluding hydrogens is 447 g/mol. The van der Waals surface area contributed by atoms with E-state index in [-0.39, 0.29) is 11.8 Å². The van der Waals surface area contributed by atoms with E-state index in [9.17, 15) is 9.18 Å². The fourth-order valence-corrected chi connectivity index (χ4v) is 4.28. The lowest BCUT2D eigenvalue weighted by Crippen LogP contribution is -2.29. The number of hydrogen-bond acceptors (Lipinski definition) is 5. The number of aryl methyl sites for hydroxylation is 3. The Balaban J connectivity index is 1.59. The average molecular weight is 479 g/mol. The van der Waals surface area contributed by atoms with Crippen LogP contribution in [0.15, 0.2) is 47.0 Å². The van der Waals surface area contributed by atoms with E-state index in [0.29, 0.717) is 37.6 Å². The fraction of sp³-hybridized carbons (Fsp3) is 0.357. The zero-order chi connectivity index (χ0) is 25.1. The molecule has 0 fully saturated rings. The van der Waals surface area contributed by atoms with Gasteiger partial charge in [0.15, 0.2) is 6.10 Å². The van der Waals surface area contributed by atoms with E-state index in [1.54, 1.807) is 26.0 Å². The van der Waals surface area contributed by atoms with Crippen LogP contribution >= 0.6 is 0 Å². The fourth-order valence-electron chi connectivity index (χ4n) is 4.28. The number of rotatable bonds is 9. The first kappa shape index (κ1) is 24.7. The first-order valence-electron chi connectivity index (χ1n) is 11.9. The van der Waals surface area contributed by atoms with Crippen molar-refractivity contribution in [2.24, 2.45) is 0 Å². The molecule has 6 nitrogen and oxygen atoms in total. The van der Waals surface area contributed by atoms with E-state index < -0.39 is 6.10 Å². The van der Waals surface area contributed by atoms with Crippen molar-refractivity contribution in [2.45, 2.75) is 53.7 Å². The normalized spacial score (nSPS) is 12.3. The molecule has 7 heteroatoms. The maximum Gasteiger partial charge on any atom is 0.335 e. The highest BCUT2D eigenvalue weighted by atomic mass is 19.1. The number of carbonyl (C=O) groups excluding carboxylic acids is 1. The summed E-state index contributed by atoms with van der Waals surface area (Å²) in [5.74, 6) is 0.627. The second kappa shape index (κ2) is 10.4. The van der Waals surface area contributed by atoms with E-state index in [1.807, 2.05) is 19.9 Å². The van der Waals surface area contributed by atoms with Crippen molar-refractivity contribution in [1.82, 2.24) is 9.55 Å². The lowest BCUT2D eigenvalue weighted by molar-refractivity contribution is -0.156. The number of benzene rings is 2. The molecule has 0 N–H and O–H groups in total. The van der Waals surface area contributed by atoms with Crippen molar-refractivity contribution in [2.75, 3.05) is 13.2 Å². The van der Waals surface area contributed by atoms with Crippen molar-refractivity contribution in [3.8, 4) is 11.5 Å². The molecule has 0 saturated carbocycles. The molecule has 0 saturated heterocycles. The predicted molar refractivity (Wildman–Crippen MR) is 133 cm³/mol. The van der Waals surface area contributed by atoms with E-state index in [1.165, 1.54) is 6.07 Å². The third-order valence-corrected chi connectivity index (χ3v) is 6.10. The summed E-state index contributed by atoms with van der Waals surface area (Å²) in [5.41, 5.74) is 5.33. The van der Waals surface area contributed by atoms with Gasteiger partial charge in [-0.2, -0.15) is 0 Å². The highest BCUT2D eigenvalue weighted by Gasteiger charge is 2.21. The molecule has 0 spiro atoms. The Labute approximate surface area is 204 Å². The van der Waals surface area contributed by atoms with Crippen LogP contribution in [0.5, 0.6) is 0 Å². The molecule has 1 atom stereocenters. The minimum atomic E-state index is -0.619. The molecule has 184 valence electrons. The third kappa shape index (κ3) is 5.30. The number of carbonyl (C=O) groups is 1. The van der Waals surface area contributed by atoms with E-state index >= 15 is 0 Å². The molecule has 0 bridgehead atoms. The van der Waals surface area contributed by atoms with E-state index in [4.69, 9.17) is 18.9 Å². The smallest absolute Gasteiger partial charge is 0.335 e. The summed E-state index contributed by atoms with van der Waals surface area (Å²) in [5, 5.41) is 1.11. The van der Waals surface area contributed by atoms with Gasteiger partial charge < -0.3 is 18.5 Å². The lowest BCUT2D eigenvalue weighted by Gasteiger charge is -2.15. The van der Waals surface area contributed by atoms with Crippen molar-refractivity contribution in [3.63, 3.8) is 0 Å². The van der Waals surface area contributed by atoms with E-state index in [2.05, 4.69) is 29.8 Å². The summed E-state index contributed by atoms with van der Waals surface area (Å²) < 4.78 is 32.5. The van der Waals surface area contributed by atoms with Crippen LogP contribution in [0.4, 0.5) is 4.39 Å². The molecule has 2 aromatic carbocycles. The topological polar surface area (TPSA) is 66.5 Å². The van der Waals surface area contributed by atoms with Crippen LogP contribution in [-0.2, 0) is 27.2 Å². The van der Waals surface area contributed by atoms with Gasteiger partial charge in [0.05, 0.1) is 13.2 Å². The Morgan fingerprint density at radius 3 is 2.60 bits per heavy atom. The Morgan fingerprint density at radius 1 is 1.09 bits per heavy atom. The lowest BCUT2D eigenvalue weighted by atomic mass is 10.0. The third-order valence-electron chi connectivity index (χ3n) is 6.10. The summed E-state index contributed by atoms with van der Waals surface area (Å²) in [7, 11) is 0. The first-order valence-corrected chi connectivity index (χ1v) is 11.9. The zero-order valence-electron chi connectivity index (χ0n) is 20.9. The number of esters is 1. The maximum atomic E-state index is 13.7. The summed E-state index contributed by atoms with van der Waals surface area (Å²) in [6.45, 7) is 10.7. The van der Waals surface area contributed by atoms with Crippen LogP contribution in [0.1, 0.15) is 42.0 Å². The quantitative estimate of drug-likeness (QED) is 0.279. The minimum Gasteiger partial charge on any atom is -0.464 e. The predicted octanol–water partition coefficient (Wildman–Crippen LogP) is 5.92. The molecule has 0 aliphatic rings. The molecule has 1 unspecified atom stereocenters. The van der Waals surface area contributed by atoms with Crippen LogP contribution < -0.4 is 0 Å². The highest BCUT2D eigenvalue weighted by molar-refractivity contribution is 5.85. The molecule has 2 aromatic heterocycles. The van der Waals surface area contributed by atoms with Gasteiger partial charge in [-0.1, -0.05) is 6.07 Å². The molecule has 0 amide bonds. The summed E-state index contributed by atoms with van der Waals surface area (Å²) in [6.07, 6.45) is 1.93. The van der Waals surface area contributed by atoms with Gasteiger partial charge in [0.2, 0.25) is 5.89 Å². The summed E-state index contributed by atoms with van der Waals surface area (Å²) in [4.78, 5) is 17.0. The Hall–Kier alpha value is -3.45. The molecule has 4 aromatic rings. The number of ether oxygens (including phenoxy) is 2. The second-order valence-corrected chi connectivity index (χ2v) is 8.68. The SMILES string of the molecule is CCOC(=O)C(Cc1ccc2c(c1)c(C)cn2Cc1nc(-c2ccc(F)c(C)c2)oc1C)OCC. The number of aromatic nitrogens is 2. The van der Waals surface area contributed by atoms with E-state index in [0.717, 1.165) is 39.0 Å². The van der Waals surface area contributed by atoms with Gasteiger partial charge in [-0.15, -0.1) is 0 Å². The van der Waals surface area contributed by atoms with Crippen LogP contribution in [-0.4, -0.2) is 34.8 Å². The van der Waals surface area contributed by atoms with Crippen LogP contribution in [0, 0.1) is 26.6 Å². The minimum absolute atomic E-state index is 0.249. The van der Waals surface area contributed by atoms with Gasteiger partial charge in [-0.3, -0.25) is 0 Å². The number of nitrogens with zero attached hydrogens (tertiary/aromatic N) is 2. The van der Waals surface area contributed by atoms with Gasteiger partial charge in [0.1, 0.15) is 17.3 Å². The maximum absolute atomic E-state index is 13.7. The largest absolute Gasteiger partial charge is 0.464 e. The summed E-state index contributed by atoms with van der Waals surface area (Å²) >= 11 is 0. The van der Waals surface area contributed by atoms with Crippen molar-refractivity contribution in [3.05, 3.63) is 76.6 Å². The van der Waals surface area contributed by atoms with Crippen molar-refractivity contribution < 1.29 is 23.1 Å². The number of halogens is 1. The highest BCUT2D eigenvalue weighted by Crippen LogP contribution is 2.27. The molecule has 0 aliphatic heterocycles. The molecule has 0 aliphatic carbocycles. The molecule has 0 radical (unpaired) electrons. The monoisotopic (exact) mass is 478 g/mol. The Morgan fingerprint density at radius 2 is 1.89 bits per heavy atom. The van der Waals surface area contributed by atoms with Crippen LogP contribution in [0.25, 0.3) is 22.4 Å². The van der Waals surface area contributed by atoms with Crippen molar-refractivity contribution in [1.29, 1.82) is 0 Å². The molecular formula is C28H31FN2O4. The molecule has 2 heterocycles. The van der Waals surface area contributed by atoms with Gasteiger partial charge >= 0.3 is 5.97 Å². The molecule has 4 rings (SSSR count). The van der Waals surface area contributed by atoms with Crippen LogP contribution in [0.2, 0.25) is 0 Å². The van der Waals surface area contributed by atoms with Crippen molar-refractivity contribution >= 4 is 16.9 Å². The Bertz CT molecular complexity index is 1350. The standard InChI is InChI=1S/C28H31FN2O4/c1-6-33-26(28(32)34-7-2)14-20-8-11-25-22(13-20)18(4)15-31(25)16-24-19(5)35-27(30-24)21-9-10-23(29)17(3)12-21/h8-13,15,26H,6-7,14,16H2,1-5H3. The van der Waals surface area contributed by atoms with Gasteiger partial charge in [0, 0.05) is 35.7 Å². The van der Waals surface area contributed by atoms with Gasteiger partial charge in [-0.05, 0) is 81.6 Å². The van der Waals surface area contributed by atoms with Gasteiger partial charge in [-0.25, -0.2) is 14.2 Å².